The summed E-state index contributed by atoms with van der Waals surface area (Å²) in [6.07, 6.45) is -2.31. The molecule has 10 nitrogen and oxygen atoms in total. The second-order valence-corrected chi connectivity index (χ2v) is 8.38. The average molecular weight is 528 g/mol. The summed E-state index contributed by atoms with van der Waals surface area (Å²) in [5, 5.41) is 19.8. The molecule has 2 aliphatic heterocycles. The number of nitrogens with zero attached hydrogens (tertiary/aromatic N) is 1. The molecule has 0 unspecified atom stereocenters. The minimum absolute atomic E-state index is 0.0340. The highest BCUT2D eigenvalue weighted by Crippen LogP contribution is 2.37. The van der Waals surface area contributed by atoms with Crippen LogP contribution in [0.3, 0.4) is 0 Å². The Morgan fingerprint density at radius 1 is 1.30 bits per heavy atom. The molecule has 0 bridgehead atoms. The molecule has 3 rings (SSSR count). The molecule has 2 amide bonds. The SMILES string of the molecule is CO[C@H](C(=O)N1C(=O)OC[C@@H]1c1ccccc1)[C@@H]1O[C@](O)(CCCOCCO)C(Br)=CC1=O. The summed E-state index contributed by atoms with van der Waals surface area (Å²) in [4.78, 5) is 39.4. The zero-order valence-corrected chi connectivity index (χ0v) is 19.6. The summed E-state index contributed by atoms with van der Waals surface area (Å²) in [5.74, 6) is -3.32. The van der Waals surface area contributed by atoms with Gasteiger partial charge >= 0.3 is 6.09 Å². The number of hydrogen-bond donors (Lipinski definition) is 2. The van der Waals surface area contributed by atoms with Gasteiger partial charge in [0.05, 0.1) is 17.7 Å². The third kappa shape index (κ3) is 5.68. The third-order valence-electron chi connectivity index (χ3n) is 5.35. The second kappa shape index (κ2) is 11.3. The summed E-state index contributed by atoms with van der Waals surface area (Å²) in [7, 11) is 1.22. The number of methoxy groups -OCH3 is 1. The Kier molecular flexibility index (Phi) is 8.74. The highest BCUT2D eigenvalue weighted by molar-refractivity contribution is 9.11. The number of hydrogen-bond acceptors (Lipinski definition) is 9. The van der Waals surface area contributed by atoms with Gasteiger partial charge in [0.1, 0.15) is 12.6 Å². The maximum absolute atomic E-state index is 13.4. The van der Waals surface area contributed by atoms with Crippen molar-refractivity contribution in [1.29, 1.82) is 0 Å². The first kappa shape index (κ1) is 25.5. The molecule has 2 N–H and O–H groups in total. The standard InChI is InChI=1S/C22H26BrNO9/c1-30-19(20(27)24-15(13-32-21(24)28)14-6-3-2-4-7-14)18-16(26)12-17(23)22(29,33-18)8-5-10-31-11-9-25/h2-4,6-7,12,15,18-19,25,29H,5,8-11,13H2,1H3/t15-,18-,19+,22-/m1/s1. The minimum atomic E-state index is -1.90. The smallest absolute Gasteiger partial charge is 0.417 e. The highest BCUT2D eigenvalue weighted by atomic mass is 79.9. The van der Waals surface area contributed by atoms with Crippen LogP contribution < -0.4 is 0 Å². The number of ether oxygens (including phenoxy) is 4. The van der Waals surface area contributed by atoms with Crippen LogP contribution in [0.25, 0.3) is 0 Å². The normalized spacial score (nSPS) is 26.2. The van der Waals surface area contributed by atoms with Gasteiger partial charge < -0.3 is 29.2 Å². The third-order valence-corrected chi connectivity index (χ3v) is 6.20. The molecule has 1 fully saturated rings. The van der Waals surface area contributed by atoms with Gasteiger partial charge in [-0.15, -0.1) is 0 Å². The molecule has 0 aromatic heterocycles. The first-order chi connectivity index (χ1) is 15.8. The Bertz CT molecular complexity index is 893. The zero-order chi connectivity index (χ0) is 24.0. The van der Waals surface area contributed by atoms with E-state index in [0.29, 0.717) is 12.0 Å². The van der Waals surface area contributed by atoms with E-state index in [9.17, 15) is 19.5 Å². The number of carbonyl (C=O) groups excluding carboxylic acids is 3. The number of aliphatic hydroxyl groups excluding tert-OH is 1. The van der Waals surface area contributed by atoms with Gasteiger partial charge in [0.25, 0.3) is 5.91 Å². The Labute approximate surface area is 199 Å². The average Bonchev–Trinajstić information content (AvgIpc) is 3.19. The molecule has 0 aliphatic carbocycles. The molecule has 2 heterocycles. The summed E-state index contributed by atoms with van der Waals surface area (Å²) >= 11 is 3.16. The fourth-order valence-corrected chi connectivity index (χ4v) is 4.21. The summed E-state index contributed by atoms with van der Waals surface area (Å²) in [5.41, 5.74) is 0.685. The van der Waals surface area contributed by atoms with Crippen molar-refractivity contribution in [2.75, 3.05) is 33.5 Å². The molecule has 180 valence electrons. The second-order valence-electron chi connectivity index (χ2n) is 7.52. The topological polar surface area (TPSA) is 132 Å². The van der Waals surface area contributed by atoms with Crippen LogP contribution >= 0.6 is 15.9 Å². The number of benzene rings is 1. The van der Waals surface area contributed by atoms with Gasteiger partial charge in [0, 0.05) is 20.1 Å². The van der Waals surface area contributed by atoms with E-state index in [0.717, 1.165) is 11.0 Å². The van der Waals surface area contributed by atoms with Crippen molar-refractivity contribution in [3.05, 3.63) is 46.5 Å². The van der Waals surface area contributed by atoms with Crippen LogP contribution in [0.1, 0.15) is 24.4 Å². The van der Waals surface area contributed by atoms with Crippen molar-refractivity contribution in [2.24, 2.45) is 0 Å². The van der Waals surface area contributed by atoms with Crippen molar-refractivity contribution >= 4 is 33.7 Å². The van der Waals surface area contributed by atoms with Crippen LogP contribution in [-0.4, -0.2) is 84.4 Å². The molecular weight excluding hydrogens is 502 g/mol. The van der Waals surface area contributed by atoms with E-state index in [4.69, 9.17) is 24.1 Å². The van der Waals surface area contributed by atoms with Gasteiger partial charge in [-0.25, -0.2) is 9.69 Å². The van der Waals surface area contributed by atoms with E-state index in [1.165, 1.54) is 7.11 Å². The number of imide groups is 1. The predicted octanol–water partition coefficient (Wildman–Crippen LogP) is 1.45. The Morgan fingerprint density at radius 2 is 2.03 bits per heavy atom. The van der Waals surface area contributed by atoms with E-state index in [2.05, 4.69) is 15.9 Å². The molecule has 1 aromatic carbocycles. The monoisotopic (exact) mass is 527 g/mol. The summed E-state index contributed by atoms with van der Waals surface area (Å²) in [6, 6.07) is 8.18. The van der Waals surface area contributed by atoms with E-state index < -0.39 is 41.8 Å². The largest absolute Gasteiger partial charge is 0.446 e. The van der Waals surface area contributed by atoms with Crippen LogP contribution in [-0.2, 0) is 28.5 Å². The van der Waals surface area contributed by atoms with E-state index in [-0.39, 0.29) is 37.3 Å². The Morgan fingerprint density at radius 3 is 2.70 bits per heavy atom. The van der Waals surface area contributed by atoms with Crippen LogP contribution in [0.5, 0.6) is 0 Å². The Balaban J connectivity index is 1.78. The first-order valence-corrected chi connectivity index (χ1v) is 11.2. The minimum Gasteiger partial charge on any atom is -0.446 e. The van der Waals surface area contributed by atoms with Crippen molar-refractivity contribution in [3.8, 4) is 0 Å². The van der Waals surface area contributed by atoms with Gasteiger partial charge in [0.15, 0.2) is 23.8 Å². The number of ketones is 1. The van der Waals surface area contributed by atoms with Crippen LogP contribution in [0.15, 0.2) is 40.9 Å². The number of aliphatic hydroxyl groups is 2. The van der Waals surface area contributed by atoms with Gasteiger partial charge in [-0.2, -0.15) is 0 Å². The van der Waals surface area contributed by atoms with Gasteiger partial charge in [0.2, 0.25) is 0 Å². The number of rotatable bonds is 10. The maximum atomic E-state index is 13.4. The van der Waals surface area contributed by atoms with Gasteiger partial charge in [-0.05, 0) is 34.0 Å². The highest BCUT2D eigenvalue weighted by Gasteiger charge is 2.50. The molecule has 1 saturated heterocycles. The lowest BCUT2D eigenvalue weighted by atomic mass is 9.99. The maximum Gasteiger partial charge on any atom is 0.417 e. The molecule has 0 spiro atoms. The molecule has 33 heavy (non-hydrogen) atoms. The molecule has 4 atom stereocenters. The molecule has 2 aliphatic rings. The summed E-state index contributed by atoms with van der Waals surface area (Å²) < 4.78 is 21.4. The number of amides is 2. The summed E-state index contributed by atoms with van der Waals surface area (Å²) in [6.45, 7) is 0.248. The quantitative estimate of drug-likeness (QED) is 0.433. The number of carbonyl (C=O) groups is 3. The zero-order valence-electron chi connectivity index (χ0n) is 18.0. The fourth-order valence-electron chi connectivity index (χ4n) is 3.69. The van der Waals surface area contributed by atoms with Crippen molar-refractivity contribution in [1.82, 2.24) is 4.90 Å². The number of halogens is 1. The van der Waals surface area contributed by atoms with Crippen LogP contribution in [0, 0.1) is 0 Å². The van der Waals surface area contributed by atoms with Crippen molar-refractivity contribution < 1.29 is 43.5 Å². The van der Waals surface area contributed by atoms with Crippen LogP contribution in [0.2, 0.25) is 0 Å². The Hall–Kier alpha value is -2.15. The molecule has 11 heteroatoms. The molecule has 0 radical (unpaired) electrons. The molecule has 0 saturated carbocycles. The predicted molar refractivity (Wildman–Crippen MR) is 117 cm³/mol. The fraction of sp³-hybridized carbons (Fsp3) is 0.500. The van der Waals surface area contributed by atoms with E-state index in [1.54, 1.807) is 30.3 Å². The van der Waals surface area contributed by atoms with Crippen molar-refractivity contribution in [3.63, 3.8) is 0 Å². The van der Waals surface area contributed by atoms with Gasteiger partial charge in [-0.1, -0.05) is 30.3 Å². The van der Waals surface area contributed by atoms with Crippen molar-refractivity contribution in [2.45, 2.75) is 36.9 Å². The molecular formula is C22H26BrNO9. The van der Waals surface area contributed by atoms with E-state index >= 15 is 0 Å². The lowest BCUT2D eigenvalue weighted by Gasteiger charge is -2.38. The number of cyclic esters (lactones) is 1. The van der Waals surface area contributed by atoms with Crippen LogP contribution in [0.4, 0.5) is 4.79 Å². The van der Waals surface area contributed by atoms with Gasteiger partial charge in [-0.3, -0.25) is 9.59 Å². The first-order valence-electron chi connectivity index (χ1n) is 10.4. The lowest BCUT2D eigenvalue weighted by molar-refractivity contribution is -0.227. The lowest BCUT2D eigenvalue weighted by Crippen LogP contribution is -2.55. The van der Waals surface area contributed by atoms with E-state index in [1.807, 2.05) is 0 Å². The molecule has 1 aromatic rings.